The van der Waals surface area contributed by atoms with Crippen LogP contribution in [0.25, 0.3) is 0 Å². The van der Waals surface area contributed by atoms with E-state index in [0.29, 0.717) is 12.2 Å². The van der Waals surface area contributed by atoms with Crippen molar-refractivity contribution in [3.63, 3.8) is 0 Å². The Morgan fingerprint density at radius 3 is 2.47 bits per heavy atom. The lowest BCUT2D eigenvalue weighted by molar-refractivity contribution is -0.121. The third-order valence-corrected chi connectivity index (χ3v) is 3.14. The number of benzene rings is 1. The van der Waals surface area contributed by atoms with Crippen molar-refractivity contribution in [3.8, 4) is 0 Å². The molecule has 3 nitrogen and oxygen atoms in total. The van der Waals surface area contributed by atoms with Crippen molar-refractivity contribution in [1.82, 2.24) is 5.32 Å². The Bertz CT molecular complexity index is 431. The van der Waals surface area contributed by atoms with Crippen LogP contribution in [0.3, 0.4) is 0 Å². The van der Waals surface area contributed by atoms with Crippen molar-refractivity contribution < 1.29 is 9.18 Å². The van der Waals surface area contributed by atoms with E-state index in [1.54, 1.807) is 6.92 Å². The molecule has 1 unspecified atom stereocenters. The Morgan fingerprint density at radius 1 is 1.37 bits per heavy atom. The van der Waals surface area contributed by atoms with Gasteiger partial charge in [0.2, 0.25) is 5.91 Å². The Morgan fingerprint density at radius 2 is 1.95 bits per heavy atom. The highest BCUT2D eigenvalue weighted by atomic mass is 35.5. The van der Waals surface area contributed by atoms with Crippen LogP contribution in [-0.4, -0.2) is 18.5 Å². The molecule has 0 aliphatic rings. The smallest absolute Gasteiger partial charge is 0.242 e. The van der Waals surface area contributed by atoms with Gasteiger partial charge in [0, 0.05) is 12.2 Å². The molecule has 0 saturated carbocycles. The highest BCUT2D eigenvalue weighted by Crippen LogP contribution is 2.27. The molecule has 106 valence electrons. The number of halogens is 3. The molecule has 0 fully saturated rings. The number of carbonyl (C=O) groups excluding carboxylic acids is 1. The number of rotatable bonds is 6. The minimum atomic E-state index is -0.658. The third-order valence-electron chi connectivity index (χ3n) is 2.59. The van der Waals surface area contributed by atoms with E-state index in [9.17, 15) is 9.18 Å². The first-order valence-electron chi connectivity index (χ1n) is 6.14. The average molecular weight is 307 g/mol. The molecule has 0 spiro atoms. The molecule has 0 saturated heterocycles. The highest BCUT2D eigenvalue weighted by molar-refractivity contribution is 6.35. The molecule has 0 aromatic heterocycles. The van der Waals surface area contributed by atoms with Gasteiger partial charge in [0.15, 0.2) is 5.82 Å². The zero-order valence-electron chi connectivity index (χ0n) is 10.9. The topological polar surface area (TPSA) is 41.1 Å². The summed E-state index contributed by atoms with van der Waals surface area (Å²) in [6.07, 6.45) is 1.96. The van der Waals surface area contributed by atoms with Crippen LogP contribution in [0.2, 0.25) is 10.0 Å². The maximum absolute atomic E-state index is 13.2. The van der Waals surface area contributed by atoms with Crippen LogP contribution in [0.4, 0.5) is 10.1 Å². The molecule has 1 aromatic rings. The van der Waals surface area contributed by atoms with Crippen LogP contribution in [0.1, 0.15) is 26.7 Å². The van der Waals surface area contributed by atoms with E-state index < -0.39 is 11.9 Å². The van der Waals surface area contributed by atoms with Crippen molar-refractivity contribution in [2.75, 3.05) is 11.9 Å². The maximum atomic E-state index is 13.2. The molecular formula is C13H17Cl2FN2O. The largest absolute Gasteiger partial charge is 0.374 e. The lowest BCUT2D eigenvalue weighted by Gasteiger charge is -2.15. The van der Waals surface area contributed by atoms with Gasteiger partial charge in [0.1, 0.15) is 6.04 Å². The molecule has 1 atom stereocenters. The number of hydrogen-bond acceptors (Lipinski definition) is 2. The van der Waals surface area contributed by atoms with Crippen LogP contribution >= 0.6 is 23.2 Å². The lowest BCUT2D eigenvalue weighted by atomic mass is 10.2. The summed E-state index contributed by atoms with van der Waals surface area (Å²) in [6, 6.07) is 2.35. The first kappa shape index (κ1) is 16.1. The van der Waals surface area contributed by atoms with Crippen molar-refractivity contribution in [2.24, 2.45) is 0 Å². The van der Waals surface area contributed by atoms with E-state index in [1.807, 2.05) is 0 Å². The molecule has 1 rings (SSSR count). The summed E-state index contributed by atoms with van der Waals surface area (Å²) in [4.78, 5) is 11.7. The van der Waals surface area contributed by atoms with Crippen LogP contribution in [0.5, 0.6) is 0 Å². The monoisotopic (exact) mass is 306 g/mol. The molecular weight excluding hydrogens is 290 g/mol. The standard InChI is InChI=1S/C13H17Cl2FN2O/c1-3-4-5-17-13(19)8(2)18-9-6-10(14)12(16)11(15)7-9/h6-8,18H,3-5H2,1-2H3,(H,17,19). The quantitative estimate of drug-likeness (QED) is 0.619. The normalized spacial score (nSPS) is 12.1. The first-order chi connectivity index (χ1) is 8.95. The van der Waals surface area contributed by atoms with Gasteiger partial charge in [-0.3, -0.25) is 4.79 Å². The van der Waals surface area contributed by atoms with Gasteiger partial charge >= 0.3 is 0 Å². The first-order valence-corrected chi connectivity index (χ1v) is 6.90. The van der Waals surface area contributed by atoms with Crippen LogP contribution in [0.15, 0.2) is 12.1 Å². The van der Waals surface area contributed by atoms with Gasteiger partial charge in [0.25, 0.3) is 0 Å². The molecule has 19 heavy (non-hydrogen) atoms. The molecule has 2 N–H and O–H groups in total. The van der Waals surface area contributed by atoms with E-state index in [4.69, 9.17) is 23.2 Å². The second-order valence-electron chi connectivity index (χ2n) is 4.26. The SMILES string of the molecule is CCCCNC(=O)C(C)Nc1cc(Cl)c(F)c(Cl)c1. The second-order valence-corrected chi connectivity index (χ2v) is 5.08. The van der Waals surface area contributed by atoms with Gasteiger partial charge in [-0.1, -0.05) is 36.5 Å². The molecule has 1 aromatic carbocycles. The maximum Gasteiger partial charge on any atom is 0.242 e. The fraction of sp³-hybridized carbons (Fsp3) is 0.462. The summed E-state index contributed by atoms with van der Waals surface area (Å²) >= 11 is 11.4. The van der Waals surface area contributed by atoms with E-state index in [-0.39, 0.29) is 16.0 Å². The van der Waals surface area contributed by atoms with E-state index in [0.717, 1.165) is 12.8 Å². The van der Waals surface area contributed by atoms with Gasteiger partial charge in [0.05, 0.1) is 10.0 Å². The van der Waals surface area contributed by atoms with E-state index >= 15 is 0 Å². The zero-order valence-corrected chi connectivity index (χ0v) is 12.4. The van der Waals surface area contributed by atoms with Gasteiger partial charge in [-0.15, -0.1) is 0 Å². The summed E-state index contributed by atoms with van der Waals surface area (Å²) in [6.45, 7) is 4.41. The zero-order chi connectivity index (χ0) is 14.4. The highest BCUT2D eigenvalue weighted by Gasteiger charge is 2.14. The summed E-state index contributed by atoms with van der Waals surface area (Å²) in [5, 5.41) is 5.58. The van der Waals surface area contributed by atoms with Crippen LogP contribution < -0.4 is 10.6 Å². The second kappa shape index (κ2) is 7.56. The Labute approximate surface area is 122 Å². The molecule has 1 amide bonds. The number of anilines is 1. The lowest BCUT2D eigenvalue weighted by Crippen LogP contribution is -2.38. The van der Waals surface area contributed by atoms with Crippen LogP contribution in [-0.2, 0) is 4.79 Å². The van der Waals surface area contributed by atoms with Gasteiger partial charge in [-0.2, -0.15) is 0 Å². The van der Waals surface area contributed by atoms with Gasteiger partial charge in [-0.05, 0) is 25.5 Å². The summed E-state index contributed by atoms with van der Waals surface area (Å²) in [7, 11) is 0. The van der Waals surface area contributed by atoms with Crippen molar-refractivity contribution in [3.05, 3.63) is 28.0 Å². The molecule has 0 radical (unpaired) electrons. The minimum absolute atomic E-state index is 0.0754. The molecule has 0 heterocycles. The van der Waals surface area contributed by atoms with Crippen molar-refractivity contribution in [1.29, 1.82) is 0 Å². The number of carbonyl (C=O) groups is 1. The number of unbranched alkanes of at least 4 members (excludes halogenated alkanes) is 1. The number of hydrogen-bond donors (Lipinski definition) is 2. The predicted molar refractivity (Wildman–Crippen MR) is 77.4 cm³/mol. The van der Waals surface area contributed by atoms with Crippen LogP contribution in [0, 0.1) is 5.82 Å². The fourth-order valence-electron chi connectivity index (χ4n) is 1.50. The van der Waals surface area contributed by atoms with Crippen molar-refractivity contribution >= 4 is 34.8 Å². The molecule has 0 bridgehead atoms. The number of nitrogens with one attached hydrogen (secondary N) is 2. The van der Waals surface area contributed by atoms with Gasteiger partial charge < -0.3 is 10.6 Å². The molecule has 0 aliphatic heterocycles. The van der Waals surface area contributed by atoms with E-state index in [2.05, 4.69) is 17.6 Å². The molecule has 0 aliphatic carbocycles. The summed E-state index contributed by atoms with van der Waals surface area (Å²) < 4.78 is 13.2. The minimum Gasteiger partial charge on any atom is -0.374 e. The average Bonchev–Trinajstić information content (AvgIpc) is 2.36. The van der Waals surface area contributed by atoms with Crippen molar-refractivity contribution in [2.45, 2.75) is 32.7 Å². The predicted octanol–water partition coefficient (Wildman–Crippen LogP) is 3.85. The third kappa shape index (κ3) is 4.88. The number of amides is 1. The Hall–Kier alpha value is -1.00. The fourth-order valence-corrected chi connectivity index (χ4v) is 1.98. The summed E-state index contributed by atoms with van der Waals surface area (Å²) in [5.41, 5.74) is 0.509. The van der Waals surface area contributed by atoms with Gasteiger partial charge in [-0.25, -0.2) is 4.39 Å². The van der Waals surface area contributed by atoms with E-state index in [1.165, 1.54) is 12.1 Å². The summed E-state index contributed by atoms with van der Waals surface area (Å²) in [5.74, 6) is -0.779. The molecule has 6 heteroatoms. The Balaban J connectivity index is 2.61. The Kier molecular flexibility index (Phi) is 6.38.